The second-order valence-corrected chi connectivity index (χ2v) is 2.81. The SMILES string of the molecule is Cl.N[C@@H]1[C@H](O)[C@H](O)C(CO)O[C@@H]1O. The first-order chi connectivity index (χ1) is 5.57. The summed E-state index contributed by atoms with van der Waals surface area (Å²) in [7, 11) is 0. The van der Waals surface area contributed by atoms with Crippen LogP contribution < -0.4 is 5.73 Å². The molecule has 13 heavy (non-hydrogen) atoms. The average Bonchev–Trinajstić information content (AvgIpc) is 2.08. The molecule has 0 radical (unpaired) electrons. The van der Waals surface area contributed by atoms with Gasteiger partial charge in [-0.3, -0.25) is 0 Å². The van der Waals surface area contributed by atoms with E-state index < -0.39 is 37.3 Å². The number of ether oxygens (including phenoxy) is 1. The summed E-state index contributed by atoms with van der Waals surface area (Å²) in [6.07, 6.45) is -4.85. The highest BCUT2D eigenvalue weighted by Gasteiger charge is 2.41. The number of hydrogen-bond donors (Lipinski definition) is 5. The maximum atomic E-state index is 9.20. The zero-order valence-electron chi connectivity index (χ0n) is 6.78. The van der Waals surface area contributed by atoms with Crippen molar-refractivity contribution in [1.29, 1.82) is 0 Å². The molecule has 0 bridgehead atoms. The molecule has 1 aliphatic rings. The molecule has 1 rings (SSSR count). The van der Waals surface area contributed by atoms with Gasteiger partial charge in [-0.2, -0.15) is 0 Å². The van der Waals surface area contributed by atoms with Crippen molar-refractivity contribution in [3.63, 3.8) is 0 Å². The lowest BCUT2D eigenvalue weighted by atomic mass is 9.98. The summed E-state index contributed by atoms with van der Waals surface area (Å²) in [5.41, 5.74) is 5.26. The van der Waals surface area contributed by atoms with E-state index in [2.05, 4.69) is 0 Å². The number of halogens is 1. The van der Waals surface area contributed by atoms with Gasteiger partial charge < -0.3 is 30.9 Å². The number of aliphatic hydroxyl groups is 4. The fraction of sp³-hybridized carbons (Fsp3) is 1.00. The van der Waals surface area contributed by atoms with Crippen LogP contribution in [0, 0.1) is 0 Å². The van der Waals surface area contributed by atoms with Crippen LogP contribution in [0.15, 0.2) is 0 Å². The minimum Gasteiger partial charge on any atom is -0.394 e. The van der Waals surface area contributed by atoms with Crippen LogP contribution in [0.3, 0.4) is 0 Å². The van der Waals surface area contributed by atoms with Crippen molar-refractivity contribution in [2.45, 2.75) is 30.6 Å². The summed E-state index contributed by atoms with van der Waals surface area (Å²) < 4.78 is 4.70. The van der Waals surface area contributed by atoms with Gasteiger partial charge in [-0.15, -0.1) is 12.4 Å². The lowest BCUT2D eigenvalue weighted by molar-refractivity contribution is -0.248. The van der Waals surface area contributed by atoms with E-state index in [4.69, 9.17) is 20.7 Å². The standard InChI is InChI=1S/C6H13NO5.ClH/c7-3-5(10)4(9)2(1-8)12-6(3)11;/h2-6,8-11H,1,7H2;1H/t2?,3-,4-,5+,6+;/m1./s1. The van der Waals surface area contributed by atoms with Crippen LogP contribution in [0.5, 0.6) is 0 Å². The van der Waals surface area contributed by atoms with Gasteiger partial charge in [0.2, 0.25) is 0 Å². The Bertz CT molecular complexity index is 155. The highest BCUT2D eigenvalue weighted by Crippen LogP contribution is 2.17. The van der Waals surface area contributed by atoms with Gasteiger partial charge in [0, 0.05) is 0 Å². The lowest BCUT2D eigenvalue weighted by Gasteiger charge is -2.38. The van der Waals surface area contributed by atoms with E-state index in [9.17, 15) is 10.2 Å². The predicted octanol–water partition coefficient (Wildman–Crippen LogP) is -2.83. The van der Waals surface area contributed by atoms with Crippen molar-refractivity contribution >= 4 is 12.4 Å². The second kappa shape index (κ2) is 5.06. The molecule has 7 heteroatoms. The van der Waals surface area contributed by atoms with Crippen molar-refractivity contribution in [2.24, 2.45) is 5.73 Å². The average molecular weight is 216 g/mol. The second-order valence-electron chi connectivity index (χ2n) is 2.81. The highest BCUT2D eigenvalue weighted by atomic mass is 35.5. The van der Waals surface area contributed by atoms with Crippen molar-refractivity contribution in [1.82, 2.24) is 0 Å². The zero-order valence-corrected chi connectivity index (χ0v) is 7.59. The largest absolute Gasteiger partial charge is 0.394 e. The van der Waals surface area contributed by atoms with Crippen LogP contribution in [0.2, 0.25) is 0 Å². The van der Waals surface area contributed by atoms with Gasteiger partial charge in [-0.1, -0.05) is 0 Å². The van der Waals surface area contributed by atoms with Gasteiger partial charge in [-0.25, -0.2) is 0 Å². The van der Waals surface area contributed by atoms with Crippen LogP contribution >= 0.6 is 12.4 Å². The van der Waals surface area contributed by atoms with E-state index in [1.165, 1.54) is 0 Å². The summed E-state index contributed by atoms with van der Waals surface area (Å²) in [5.74, 6) is 0. The Morgan fingerprint density at radius 3 is 2.15 bits per heavy atom. The summed E-state index contributed by atoms with van der Waals surface area (Å²) in [5, 5.41) is 36.1. The predicted molar refractivity (Wildman–Crippen MR) is 45.2 cm³/mol. The quantitative estimate of drug-likeness (QED) is 0.322. The molecule has 1 unspecified atom stereocenters. The normalized spacial score (nSPS) is 45.5. The molecular weight excluding hydrogens is 202 g/mol. The van der Waals surface area contributed by atoms with Crippen molar-refractivity contribution in [2.75, 3.05) is 6.61 Å². The molecule has 0 spiro atoms. The van der Waals surface area contributed by atoms with E-state index in [-0.39, 0.29) is 12.4 Å². The fourth-order valence-corrected chi connectivity index (χ4v) is 1.12. The Morgan fingerprint density at radius 2 is 1.69 bits per heavy atom. The molecule has 1 heterocycles. The molecule has 6 N–H and O–H groups in total. The van der Waals surface area contributed by atoms with E-state index in [1.807, 2.05) is 0 Å². The molecule has 1 saturated heterocycles. The number of hydrogen-bond acceptors (Lipinski definition) is 6. The molecule has 6 nitrogen and oxygen atoms in total. The fourth-order valence-electron chi connectivity index (χ4n) is 1.12. The third-order valence-electron chi connectivity index (χ3n) is 1.95. The van der Waals surface area contributed by atoms with Gasteiger partial charge >= 0.3 is 0 Å². The van der Waals surface area contributed by atoms with Gasteiger partial charge in [-0.05, 0) is 0 Å². The summed E-state index contributed by atoms with van der Waals surface area (Å²) in [4.78, 5) is 0. The third kappa shape index (κ3) is 2.50. The maximum Gasteiger partial charge on any atom is 0.173 e. The first kappa shape index (κ1) is 13.1. The molecule has 0 aromatic rings. The molecule has 5 atom stereocenters. The minimum atomic E-state index is -1.35. The van der Waals surface area contributed by atoms with Crippen molar-refractivity contribution in [3.8, 4) is 0 Å². The Morgan fingerprint density at radius 1 is 1.15 bits per heavy atom. The Kier molecular flexibility index (Phi) is 5.08. The first-order valence-electron chi connectivity index (χ1n) is 3.64. The van der Waals surface area contributed by atoms with Gasteiger partial charge in [0.1, 0.15) is 18.3 Å². The maximum absolute atomic E-state index is 9.20. The number of aliphatic hydroxyl groups excluding tert-OH is 4. The van der Waals surface area contributed by atoms with E-state index in [0.29, 0.717) is 0 Å². The Labute approximate surface area is 81.3 Å². The summed E-state index contributed by atoms with van der Waals surface area (Å²) in [6, 6.07) is -1.04. The Balaban J connectivity index is 0.00000144. The lowest BCUT2D eigenvalue weighted by Crippen LogP contribution is -2.61. The molecule has 80 valence electrons. The van der Waals surface area contributed by atoms with Crippen LogP contribution in [-0.2, 0) is 4.74 Å². The van der Waals surface area contributed by atoms with Crippen LogP contribution in [0.4, 0.5) is 0 Å². The molecule has 1 aliphatic heterocycles. The topological polar surface area (TPSA) is 116 Å². The van der Waals surface area contributed by atoms with Crippen LogP contribution in [0.1, 0.15) is 0 Å². The molecule has 0 aliphatic carbocycles. The monoisotopic (exact) mass is 215 g/mol. The molecule has 0 amide bonds. The van der Waals surface area contributed by atoms with E-state index in [0.717, 1.165) is 0 Å². The summed E-state index contributed by atoms with van der Waals surface area (Å²) >= 11 is 0. The molecule has 0 saturated carbocycles. The van der Waals surface area contributed by atoms with Crippen LogP contribution in [0.25, 0.3) is 0 Å². The molecule has 0 aromatic heterocycles. The van der Waals surface area contributed by atoms with Crippen LogP contribution in [-0.4, -0.2) is 57.7 Å². The number of rotatable bonds is 1. The van der Waals surface area contributed by atoms with Gasteiger partial charge in [0.25, 0.3) is 0 Å². The molecule has 1 fully saturated rings. The Hall–Kier alpha value is 0.0500. The zero-order chi connectivity index (χ0) is 9.30. The molecular formula is C6H14ClNO5. The smallest absolute Gasteiger partial charge is 0.173 e. The minimum absolute atomic E-state index is 0. The van der Waals surface area contributed by atoms with Crippen molar-refractivity contribution < 1.29 is 25.2 Å². The summed E-state index contributed by atoms with van der Waals surface area (Å²) in [6.45, 7) is -0.470. The van der Waals surface area contributed by atoms with E-state index >= 15 is 0 Å². The molecule has 0 aromatic carbocycles. The van der Waals surface area contributed by atoms with Gasteiger partial charge in [0.05, 0.1) is 12.6 Å². The third-order valence-corrected chi connectivity index (χ3v) is 1.95. The van der Waals surface area contributed by atoms with Crippen molar-refractivity contribution in [3.05, 3.63) is 0 Å². The first-order valence-corrected chi connectivity index (χ1v) is 3.64. The van der Waals surface area contributed by atoms with E-state index in [1.54, 1.807) is 0 Å². The number of nitrogens with two attached hydrogens (primary N) is 1. The highest BCUT2D eigenvalue weighted by molar-refractivity contribution is 5.85. The van der Waals surface area contributed by atoms with Gasteiger partial charge in [0.15, 0.2) is 6.29 Å².